The number of hydrogen-bond donors (Lipinski definition) is 0. The van der Waals surface area contributed by atoms with Gasteiger partial charge >= 0.3 is 6.03 Å². The Kier molecular flexibility index (Phi) is 4.43. The Bertz CT molecular complexity index is 1020. The summed E-state index contributed by atoms with van der Waals surface area (Å²) in [6.45, 7) is 4.29. The first-order chi connectivity index (χ1) is 12.7. The third-order valence-corrected chi connectivity index (χ3v) is 7.45. The van der Waals surface area contributed by atoms with E-state index in [1.54, 1.807) is 15.9 Å². The van der Waals surface area contributed by atoms with Gasteiger partial charge in [-0.1, -0.05) is 47.5 Å². The smallest absolute Gasteiger partial charge is 0.314 e. The summed E-state index contributed by atoms with van der Waals surface area (Å²) in [6.07, 6.45) is 0. The zero-order valence-corrected chi connectivity index (χ0v) is 16.8. The van der Waals surface area contributed by atoms with E-state index in [1.807, 2.05) is 50.2 Å². The van der Waals surface area contributed by atoms with Gasteiger partial charge in [0, 0.05) is 17.3 Å². The molecule has 2 amide bonds. The molecule has 2 atom stereocenters. The minimum absolute atomic E-state index is 0.00527. The molecule has 2 fully saturated rings. The SMILES string of the molecule is Cc1cccc(CN2C(=O)N(c3ccc(C)c(Cl)c3)C3CS(=O)(=O)CC32)c1. The number of sulfone groups is 1. The van der Waals surface area contributed by atoms with Crippen LogP contribution in [0.15, 0.2) is 42.5 Å². The minimum atomic E-state index is -3.19. The molecular weight excluding hydrogens is 384 g/mol. The Hall–Kier alpha value is -2.05. The van der Waals surface area contributed by atoms with Crippen molar-refractivity contribution in [3.05, 3.63) is 64.2 Å². The molecule has 0 bridgehead atoms. The van der Waals surface area contributed by atoms with Crippen LogP contribution in [-0.4, -0.2) is 42.9 Å². The molecule has 4 rings (SSSR count). The fraction of sp³-hybridized carbons (Fsp3) is 0.350. The summed E-state index contributed by atoms with van der Waals surface area (Å²) < 4.78 is 24.6. The number of rotatable bonds is 3. The molecule has 2 heterocycles. The number of amides is 2. The second kappa shape index (κ2) is 6.53. The molecule has 0 radical (unpaired) electrons. The monoisotopic (exact) mass is 404 g/mol. The lowest BCUT2D eigenvalue weighted by molar-refractivity contribution is 0.206. The highest BCUT2D eigenvalue weighted by molar-refractivity contribution is 7.91. The maximum absolute atomic E-state index is 13.2. The highest BCUT2D eigenvalue weighted by Gasteiger charge is 2.53. The lowest BCUT2D eigenvalue weighted by atomic mass is 10.1. The number of nitrogens with zero attached hydrogens (tertiary/aromatic N) is 2. The van der Waals surface area contributed by atoms with E-state index in [2.05, 4.69) is 0 Å². The van der Waals surface area contributed by atoms with E-state index in [0.717, 1.165) is 16.7 Å². The molecule has 0 aliphatic carbocycles. The molecule has 0 saturated carbocycles. The molecule has 7 heteroatoms. The average molecular weight is 405 g/mol. The van der Waals surface area contributed by atoms with Crippen LogP contribution < -0.4 is 4.90 Å². The topological polar surface area (TPSA) is 57.7 Å². The van der Waals surface area contributed by atoms with E-state index < -0.39 is 9.84 Å². The van der Waals surface area contributed by atoms with Crippen LogP contribution in [0.5, 0.6) is 0 Å². The van der Waals surface area contributed by atoms with Crippen LogP contribution in [-0.2, 0) is 16.4 Å². The summed E-state index contributed by atoms with van der Waals surface area (Å²) >= 11 is 6.25. The first-order valence-corrected chi connectivity index (χ1v) is 11.1. The van der Waals surface area contributed by atoms with Gasteiger partial charge in [-0.3, -0.25) is 4.90 Å². The molecule has 2 aliphatic rings. The molecule has 2 aromatic rings. The van der Waals surface area contributed by atoms with Crippen LogP contribution in [0.1, 0.15) is 16.7 Å². The molecule has 2 aliphatic heterocycles. The first kappa shape index (κ1) is 18.3. The van der Waals surface area contributed by atoms with E-state index >= 15 is 0 Å². The first-order valence-electron chi connectivity index (χ1n) is 8.87. The van der Waals surface area contributed by atoms with Crippen molar-refractivity contribution in [1.82, 2.24) is 4.90 Å². The van der Waals surface area contributed by atoms with E-state index in [0.29, 0.717) is 17.3 Å². The van der Waals surface area contributed by atoms with E-state index in [9.17, 15) is 13.2 Å². The lowest BCUT2D eigenvalue weighted by Gasteiger charge is -2.23. The van der Waals surface area contributed by atoms with Crippen molar-refractivity contribution in [2.24, 2.45) is 0 Å². The number of fused-ring (bicyclic) bond motifs is 1. The van der Waals surface area contributed by atoms with Gasteiger partial charge in [0.2, 0.25) is 0 Å². The van der Waals surface area contributed by atoms with Crippen LogP contribution in [0, 0.1) is 13.8 Å². The Morgan fingerprint density at radius 3 is 2.52 bits per heavy atom. The largest absolute Gasteiger partial charge is 0.325 e. The summed E-state index contributed by atoms with van der Waals surface area (Å²) in [7, 11) is -3.19. The van der Waals surface area contributed by atoms with Gasteiger partial charge in [-0.25, -0.2) is 13.2 Å². The number of halogens is 1. The number of carbonyl (C=O) groups is 1. The second-order valence-corrected chi connectivity index (χ2v) is 9.98. The van der Waals surface area contributed by atoms with Crippen molar-refractivity contribution in [2.45, 2.75) is 32.5 Å². The van der Waals surface area contributed by atoms with Crippen molar-refractivity contribution < 1.29 is 13.2 Å². The van der Waals surface area contributed by atoms with E-state index in [1.165, 1.54) is 0 Å². The normalized spacial score (nSPS) is 23.7. The zero-order chi connectivity index (χ0) is 19.3. The van der Waals surface area contributed by atoms with Gasteiger partial charge in [0.05, 0.1) is 23.6 Å². The van der Waals surface area contributed by atoms with Gasteiger partial charge < -0.3 is 4.90 Å². The average Bonchev–Trinajstić information content (AvgIpc) is 3.02. The van der Waals surface area contributed by atoms with Crippen LogP contribution in [0.25, 0.3) is 0 Å². The molecule has 0 aromatic heterocycles. The molecular formula is C20H21ClN2O3S. The fourth-order valence-corrected chi connectivity index (χ4v) is 6.13. The Morgan fingerprint density at radius 1 is 1.07 bits per heavy atom. The predicted molar refractivity (Wildman–Crippen MR) is 107 cm³/mol. The van der Waals surface area contributed by atoms with Gasteiger partial charge in [-0.05, 0) is 37.1 Å². The van der Waals surface area contributed by atoms with Crippen molar-refractivity contribution in [1.29, 1.82) is 0 Å². The molecule has 5 nitrogen and oxygen atoms in total. The Balaban J connectivity index is 1.72. The quantitative estimate of drug-likeness (QED) is 0.735. The Labute approximate surface area is 164 Å². The third kappa shape index (κ3) is 3.32. The maximum Gasteiger partial charge on any atom is 0.325 e. The summed E-state index contributed by atoms with van der Waals surface area (Å²) in [6, 6.07) is 12.5. The number of aryl methyl sites for hydroxylation is 2. The summed E-state index contributed by atoms with van der Waals surface area (Å²) in [5.41, 5.74) is 3.67. The van der Waals surface area contributed by atoms with Gasteiger partial charge in [0.15, 0.2) is 9.84 Å². The van der Waals surface area contributed by atoms with E-state index in [4.69, 9.17) is 11.6 Å². The molecule has 27 heavy (non-hydrogen) atoms. The van der Waals surface area contributed by atoms with Crippen molar-refractivity contribution in [3.63, 3.8) is 0 Å². The number of hydrogen-bond acceptors (Lipinski definition) is 3. The molecule has 0 N–H and O–H groups in total. The molecule has 2 saturated heterocycles. The van der Waals surface area contributed by atoms with Gasteiger partial charge in [-0.2, -0.15) is 0 Å². The summed E-state index contributed by atoms with van der Waals surface area (Å²) in [5.74, 6) is -0.00939. The lowest BCUT2D eigenvalue weighted by Crippen LogP contribution is -2.37. The van der Waals surface area contributed by atoms with Crippen LogP contribution in [0.4, 0.5) is 10.5 Å². The minimum Gasteiger partial charge on any atom is -0.314 e. The zero-order valence-electron chi connectivity index (χ0n) is 15.2. The second-order valence-electron chi connectivity index (χ2n) is 7.41. The van der Waals surface area contributed by atoms with Crippen molar-refractivity contribution >= 4 is 33.2 Å². The van der Waals surface area contributed by atoms with Gasteiger partial charge in [0.1, 0.15) is 0 Å². The highest BCUT2D eigenvalue weighted by atomic mass is 35.5. The van der Waals surface area contributed by atoms with Gasteiger partial charge in [0.25, 0.3) is 0 Å². The number of benzene rings is 2. The molecule has 2 unspecified atom stereocenters. The number of urea groups is 1. The number of carbonyl (C=O) groups excluding carboxylic acids is 1. The predicted octanol–water partition coefficient (Wildman–Crippen LogP) is 3.56. The fourth-order valence-electron chi connectivity index (χ4n) is 4.00. The van der Waals surface area contributed by atoms with E-state index in [-0.39, 0.29) is 29.6 Å². The third-order valence-electron chi connectivity index (χ3n) is 5.35. The maximum atomic E-state index is 13.2. The summed E-state index contributed by atoms with van der Waals surface area (Å²) in [4.78, 5) is 16.5. The van der Waals surface area contributed by atoms with Crippen molar-refractivity contribution in [2.75, 3.05) is 16.4 Å². The standard InChI is InChI=1S/C20H21ClN2O3S/c1-13-4-3-5-15(8-13)10-22-18-11-27(25,26)12-19(18)23(20(22)24)16-7-6-14(2)17(21)9-16/h3-9,18-19H,10-12H2,1-2H3. The number of anilines is 1. The van der Waals surface area contributed by atoms with Crippen LogP contribution in [0.3, 0.4) is 0 Å². The van der Waals surface area contributed by atoms with Crippen molar-refractivity contribution in [3.8, 4) is 0 Å². The van der Waals surface area contributed by atoms with Gasteiger partial charge in [-0.15, -0.1) is 0 Å². The molecule has 142 valence electrons. The molecule has 0 spiro atoms. The van der Waals surface area contributed by atoms with Crippen LogP contribution >= 0.6 is 11.6 Å². The Morgan fingerprint density at radius 2 is 1.81 bits per heavy atom. The highest BCUT2D eigenvalue weighted by Crippen LogP contribution is 2.37. The summed E-state index contributed by atoms with van der Waals surface area (Å²) in [5, 5.41) is 0.565. The molecule has 2 aromatic carbocycles. The van der Waals surface area contributed by atoms with Crippen LogP contribution in [0.2, 0.25) is 5.02 Å².